The summed E-state index contributed by atoms with van der Waals surface area (Å²) in [6.45, 7) is 2.37. The molecule has 2 aromatic rings. The number of nitrogens with two attached hydrogens (primary N) is 1. The summed E-state index contributed by atoms with van der Waals surface area (Å²) in [5.41, 5.74) is 6.82. The Bertz CT molecular complexity index is 1050. The van der Waals surface area contributed by atoms with Gasteiger partial charge >= 0.3 is 0 Å². The number of nitrogens with zero attached hydrogens (tertiary/aromatic N) is 4. The Kier molecular flexibility index (Phi) is 5.23. The first kappa shape index (κ1) is 20.3. The number of imidazole rings is 1. The average molecular weight is 434 g/mol. The van der Waals surface area contributed by atoms with Crippen LogP contribution in [0.3, 0.4) is 0 Å². The molecule has 1 aromatic carbocycles. The van der Waals surface area contributed by atoms with Crippen LogP contribution in [0.2, 0.25) is 5.02 Å². The number of rotatable bonds is 4. The predicted octanol–water partition coefficient (Wildman–Crippen LogP) is 1.65. The highest BCUT2D eigenvalue weighted by Gasteiger charge is 2.36. The Morgan fingerprint density at radius 1 is 1.33 bits per heavy atom. The lowest BCUT2D eigenvalue weighted by Gasteiger charge is -2.31. The van der Waals surface area contributed by atoms with Crippen LogP contribution in [0.5, 0.6) is 0 Å². The number of primary amides is 1. The van der Waals surface area contributed by atoms with Crippen molar-refractivity contribution < 1.29 is 18.8 Å². The molecule has 0 bridgehead atoms. The second-order valence-corrected chi connectivity index (χ2v) is 8.00. The predicted molar refractivity (Wildman–Crippen MR) is 106 cm³/mol. The van der Waals surface area contributed by atoms with Gasteiger partial charge in [0.25, 0.3) is 5.91 Å². The number of benzene rings is 1. The van der Waals surface area contributed by atoms with E-state index in [9.17, 15) is 18.8 Å². The molecule has 1 unspecified atom stereocenters. The highest BCUT2D eigenvalue weighted by atomic mass is 35.5. The van der Waals surface area contributed by atoms with Gasteiger partial charge in [0.1, 0.15) is 23.9 Å². The lowest BCUT2D eigenvalue weighted by molar-refractivity contribution is -0.130. The summed E-state index contributed by atoms with van der Waals surface area (Å²) in [4.78, 5) is 44.2. The summed E-state index contributed by atoms with van der Waals surface area (Å²) < 4.78 is 16.1. The van der Waals surface area contributed by atoms with E-state index in [0.29, 0.717) is 55.1 Å². The van der Waals surface area contributed by atoms with Crippen LogP contribution in [0.15, 0.2) is 18.3 Å². The molecular formula is C20H21ClFN5O3. The molecule has 8 nitrogen and oxygen atoms in total. The Morgan fingerprint density at radius 3 is 2.80 bits per heavy atom. The van der Waals surface area contributed by atoms with Crippen molar-refractivity contribution in [2.24, 2.45) is 5.73 Å². The van der Waals surface area contributed by atoms with Gasteiger partial charge in [-0.1, -0.05) is 11.6 Å². The van der Waals surface area contributed by atoms with E-state index in [1.165, 1.54) is 24.1 Å². The maximum absolute atomic E-state index is 14.3. The second kappa shape index (κ2) is 7.71. The Morgan fingerprint density at radius 2 is 2.10 bits per heavy atom. The molecule has 0 radical (unpaired) electrons. The monoisotopic (exact) mass is 433 g/mol. The fourth-order valence-corrected chi connectivity index (χ4v) is 4.50. The first-order valence-electron chi connectivity index (χ1n) is 9.63. The van der Waals surface area contributed by atoms with Crippen molar-refractivity contribution in [3.05, 3.63) is 51.8 Å². The largest absolute Gasteiger partial charge is 0.368 e. The Balaban J connectivity index is 1.68. The minimum absolute atomic E-state index is 0.0612. The summed E-state index contributed by atoms with van der Waals surface area (Å²) in [5, 5.41) is 0.232. The maximum atomic E-state index is 14.3. The molecule has 158 valence electrons. The zero-order valence-corrected chi connectivity index (χ0v) is 17.2. The highest BCUT2D eigenvalue weighted by Crippen LogP contribution is 2.39. The van der Waals surface area contributed by atoms with Crippen LogP contribution in [0.25, 0.3) is 0 Å². The molecular weight excluding hydrogens is 413 g/mol. The summed E-state index contributed by atoms with van der Waals surface area (Å²) in [6.07, 6.45) is 2.35. The summed E-state index contributed by atoms with van der Waals surface area (Å²) in [7, 11) is 0. The van der Waals surface area contributed by atoms with Gasteiger partial charge in [-0.15, -0.1) is 0 Å². The van der Waals surface area contributed by atoms with E-state index in [4.69, 9.17) is 17.3 Å². The van der Waals surface area contributed by atoms with Gasteiger partial charge in [0, 0.05) is 25.0 Å². The summed E-state index contributed by atoms with van der Waals surface area (Å²) >= 11 is 6.04. The number of hydrogen-bond acceptors (Lipinski definition) is 4. The molecule has 4 rings (SSSR count). The number of hydrogen-bond donors (Lipinski definition) is 1. The molecule has 0 saturated carbocycles. The number of halogens is 2. The molecule has 2 aliphatic rings. The highest BCUT2D eigenvalue weighted by molar-refractivity contribution is 6.30. The Labute approximate surface area is 177 Å². The zero-order chi connectivity index (χ0) is 21.6. The molecule has 30 heavy (non-hydrogen) atoms. The maximum Gasteiger partial charge on any atom is 0.273 e. The van der Waals surface area contributed by atoms with Crippen LogP contribution in [-0.2, 0) is 29.1 Å². The van der Waals surface area contributed by atoms with Gasteiger partial charge in [0.05, 0.1) is 18.8 Å². The fraction of sp³-hybridized carbons (Fsp3) is 0.400. The number of amides is 3. The standard InChI is InChI=1S/C20H21ClFN5O3/c1-11(28)25-4-5-26-17(8-24-19(26)10-25)20(30)27(9-18(23)29)16-3-2-13-14(16)6-12(21)7-15(13)22/h6-8,16H,2-5,9-10H2,1H3,(H2,23,29). The summed E-state index contributed by atoms with van der Waals surface area (Å²) in [6, 6.07) is 2.36. The molecule has 1 atom stereocenters. The number of carbonyl (C=O) groups excluding carboxylic acids is 3. The molecule has 1 aromatic heterocycles. The van der Waals surface area contributed by atoms with Crippen molar-refractivity contribution >= 4 is 29.3 Å². The molecule has 2 heterocycles. The molecule has 1 aliphatic carbocycles. The van der Waals surface area contributed by atoms with Gasteiger partial charge in [-0.2, -0.15) is 0 Å². The second-order valence-electron chi connectivity index (χ2n) is 7.56. The lowest BCUT2D eigenvalue weighted by atomic mass is 10.1. The van der Waals surface area contributed by atoms with Crippen molar-refractivity contribution in [3.8, 4) is 0 Å². The van der Waals surface area contributed by atoms with Crippen molar-refractivity contribution in [2.45, 2.75) is 38.9 Å². The first-order valence-corrected chi connectivity index (χ1v) is 10.0. The van der Waals surface area contributed by atoms with Crippen molar-refractivity contribution in [1.29, 1.82) is 0 Å². The van der Waals surface area contributed by atoms with Gasteiger partial charge < -0.3 is 20.1 Å². The van der Waals surface area contributed by atoms with E-state index in [0.717, 1.165) is 0 Å². The fourth-order valence-electron chi connectivity index (χ4n) is 4.28. The van der Waals surface area contributed by atoms with Crippen molar-refractivity contribution in [1.82, 2.24) is 19.4 Å². The smallest absolute Gasteiger partial charge is 0.273 e. The third kappa shape index (κ3) is 3.54. The minimum Gasteiger partial charge on any atom is -0.368 e. The minimum atomic E-state index is -0.666. The molecule has 3 amide bonds. The van der Waals surface area contributed by atoms with E-state index in [2.05, 4.69) is 4.98 Å². The van der Waals surface area contributed by atoms with Gasteiger partial charge in [0.2, 0.25) is 11.8 Å². The van der Waals surface area contributed by atoms with E-state index >= 15 is 0 Å². The molecule has 0 saturated heterocycles. The van der Waals surface area contributed by atoms with E-state index in [1.807, 2.05) is 0 Å². The SMILES string of the molecule is CC(=O)N1CCn2c(C(=O)N(CC(N)=O)C3CCc4c(F)cc(Cl)cc43)cnc2C1. The summed E-state index contributed by atoms with van der Waals surface area (Å²) in [5.74, 6) is -0.964. The van der Waals surface area contributed by atoms with Crippen LogP contribution in [0, 0.1) is 5.82 Å². The van der Waals surface area contributed by atoms with Crippen LogP contribution >= 0.6 is 11.6 Å². The van der Waals surface area contributed by atoms with Crippen LogP contribution in [0.4, 0.5) is 4.39 Å². The van der Waals surface area contributed by atoms with Crippen LogP contribution < -0.4 is 5.73 Å². The molecule has 0 fully saturated rings. The topological polar surface area (TPSA) is 102 Å². The van der Waals surface area contributed by atoms with Crippen molar-refractivity contribution in [3.63, 3.8) is 0 Å². The third-order valence-corrected chi connectivity index (χ3v) is 5.93. The van der Waals surface area contributed by atoms with Gasteiger partial charge in [-0.25, -0.2) is 9.37 Å². The molecule has 10 heteroatoms. The van der Waals surface area contributed by atoms with E-state index in [1.54, 1.807) is 15.5 Å². The number of aromatic nitrogens is 2. The van der Waals surface area contributed by atoms with Crippen LogP contribution in [-0.4, -0.2) is 50.2 Å². The zero-order valence-electron chi connectivity index (χ0n) is 16.4. The Hall–Kier alpha value is -2.94. The average Bonchev–Trinajstić information content (AvgIpc) is 3.29. The molecule has 0 spiro atoms. The normalized spacial score (nSPS) is 17.4. The lowest BCUT2D eigenvalue weighted by Crippen LogP contribution is -2.42. The van der Waals surface area contributed by atoms with E-state index in [-0.39, 0.29) is 17.5 Å². The third-order valence-electron chi connectivity index (χ3n) is 5.71. The van der Waals surface area contributed by atoms with Gasteiger partial charge in [0.15, 0.2) is 0 Å². The number of carbonyl (C=O) groups is 3. The quantitative estimate of drug-likeness (QED) is 0.792. The molecule has 2 N–H and O–H groups in total. The van der Waals surface area contributed by atoms with E-state index < -0.39 is 23.7 Å². The first-order chi connectivity index (χ1) is 14.3. The van der Waals surface area contributed by atoms with Crippen molar-refractivity contribution in [2.75, 3.05) is 13.1 Å². The van der Waals surface area contributed by atoms with Gasteiger partial charge in [-0.05, 0) is 36.1 Å². The molecule has 1 aliphatic heterocycles. The number of fused-ring (bicyclic) bond motifs is 2. The van der Waals surface area contributed by atoms with Crippen LogP contribution in [0.1, 0.15) is 46.8 Å². The van der Waals surface area contributed by atoms with Gasteiger partial charge in [-0.3, -0.25) is 14.4 Å².